The number of fused-ring (bicyclic) bond motifs is 1. The quantitative estimate of drug-likeness (QED) is 0.485. The van der Waals surface area contributed by atoms with Crippen LogP contribution in [0.4, 0.5) is 4.39 Å². The highest BCUT2D eigenvalue weighted by Crippen LogP contribution is 2.38. The SMILES string of the molecule is C[C@@H]1OC(CF)[C@H]2O[C@@H]12. The molecule has 2 rings (SSSR count). The molecule has 0 aromatic heterocycles. The first-order valence-corrected chi connectivity index (χ1v) is 3.20. The monoisotopic (exact) mass is 132 g/mol. The Morgan fingerprint density at radius 3 is 2.33 bits per heavy atom. The minimum Gasteiger partial charge on any atom is -0.367 e. The summed E-state index contributed by atoms with van der Waals surface area (Å²) in [6.45, 7) is 1.51. The third-order valence-electron chi connectivity index (χ3n) is 1.93. The van der Waals surface area contributed by atoms with Gasteiger partial charge in [0.25, 0.3) is 0 Å². The highest BCUT2D eigenvalue weighted by Gasteiger charge is 2.56. The summed E-state index contributed by atoms with van der Waals surface area (Å²) in [4.78, 5) is 0. The summed E-state index contributed by atoms with van der Waals surface area (Å²) in [6.07, 6.45) is 0.108. The average Bonchev–Trinajstić information content (AvgIpc) is 2.56. The molecule has 3 heteroatoms. The van der Waals surface area contributed by atoms with Crippen LogP contribution in [0.2, 0.25) is 0 Å². The second-order valence-corrected chi connectivity index (χ2v) is 2.60. The Hall–Kier alpha value is -0.150. The zero-order valence-electron chi connectivity index (χ0n) is 5.21. The van der Waals surface area contributed by atoms with Crippen molar-refractivity contribution in [2.45, 2.75) is 31.3 Å². The number of halogens is 1. The minimum absolute atomic E-state index is 0.0741. The summed E-state index contributed by atoms with van der Waals surface area (Å²) in [5, 5.41) is 0. The smallest absolute Gasteiger partial charge is 0.118 e. The number of ether oxygens (including phenoxy) is 2. The van der Waals surface area contributed by atoms with Gasteiger partial charge in [-0.2, -0.15) is 0 Å². The molecule has 2 nitrogen and oxygen atoms in total. The summed E-state index contributed by atoms with van der Waals surface area (Å²) in [7, 11) is 0. The first-order valence-electron chi connectivity index (χ1n) is 3.20. The average molecular weight is 132 g/mol. The molecule has 0 bridgehead atoms. The minimum atomic E-state index is -0.411. The summed E-state index contributed by atoms with van der Waals surface area (Å²) >= 11 is 0. The lowest BCUT2D eigenvalue weighted by atomic mass is 10.2. The zero-order valence-corrected chi connectivity index (χ0v) is 5.21. The second-order valence-electron chi connectivity index (χ2n) is 2.60. The van der Waals surface area contributed by atoms with Gasteiger partial charge in [-0.15, -0.1) is 0 Å². The molecule has 0 aromatic rings. The van der Waals surface area contributed by atoms with E-state index in [-0.39, 0.29) is 24.4 Å². The Morgan fingerprint density at radius 1 is 1.33 bits per heavy atom. The van der Waals surface area contributed by atoms with Crippen LogP contribution in [0.25, 0.3) is 0 Å². The van der Waals surface area contributed by atoms with Gasteiger partial charge in [0.2, 0.25) is 0 Å². The predicted molar refractivity (Wildman–Crippen MR) is 29.0 cm³/mol. The van der Waals surface area contributed by atoms with Crippen LogP contribution < -0.4 is 0 Å². The fourth-order valence-electron chi connectivity index (χ4n) is 1.37. The van der Waals surface area contributed by atoms with Gasteiger partial charge in [-0.25, -0.2) is 4.39 Å². The van der Waals surface area contributed by atoms with E-state index in [2.05, 4.69) is 0 Å². The normalized spacial score (nSPS) is 55.3. The van der Waals surface area contributed by atoms with E-state index >= 15 is 0 Å². The van der Waals surface area contributed by atoms with Crippen molar-refractivity contribution in [2.75, 3.05) is 6.67 Å². The molecule has 1 unspecified atom stereocenters. The number of rotatable bonds is 1. The van der Waals surface area contributed by atoms with Gasteiger partial charge < -0.3 is 9.47 Å². The first kappa shape index (κ1) is 5.62. The van der Waals surface area contributed by atoms with Crippen molar-refractivity contribution in [3.05, 3.63) is 0 Å². The van der Waals surface area contributed by atoms with Crippen molar-refractivity contribution in [3.63, 3.8) is 0 Å². The molecule has 2 saturated heterocycles. The molecule has 2 aliphatic heterocycles. The second kappa shape index (κ2) is 1.67. The van der Waals surface area contributed by atoms with E-state index in [1.165, 1.54) is 0 Å². The number of hydrogen-bond donors (Lipinski definition) is 0. The van der Waals surface area contributed by atoms with Crippen LogP contribution in [-0.4, -0.2) is 31.1 Å². The van der Waals surface area contributed by atoms with Gasteiger partial charge in [-0.05, 0) is 6.92 Å². The van der Waals surface area contributed by atoms with Crippen LogP contribution in [-0.2, 0) is 9.47 Å². The molecule has 0 N–H and O–H groups in total. The Balaban J connectivity index is 2.00. The van der Waals surface area contributed by atoms with Gasteiger partial charge in [-0.3, -0.25) is 0 Å². The third kappa shape index (κ3) is 0.682. The summed E-state index contributed by atoms with van der Waals surface area (Å²) in [6, 6.07) is 0. The number of alkyl halides is 1. The molecule has 52 valence electrons. The molecule has 9 heavy (non-hydrogen) atoms. The molecule has 2 heterocycles. The maximum absolute atomic E-state index is 11.9. The molecule has 0 spiro atoms. The Labute approximate surface area is 52.9 Å². The van der Waals surface area contributed by atoms with E-state index in [1.54, 1.807) is 0 Å². The number of hydrogen-bond acceptors (Lipinski definition) is 2. The third-order valence-corrected chi connectivity index (χ3v) is 1.93. The zero-order chi connectivity index (χ0) is 6.43. The van der Waals surface area contributed by atoms with Gasteiger partial charge in [0.15, 0.2) is 0 Å². The lowest BCUT2D eigenvalue weighted by Crippen LogP contribution is -2.19. The summed E-state index contributed by atoms with van der Waals surface area (Å²) in [5.74, 6) is 0. The van der Waals surface area contributed by atoms with Crippen molar-refractivity contribution in [1.29, 1.82) is 0 Å². The molecule has 2 fully saturated rings. The van der Waals surface area contributed by atoms with E-state index in [9.17, 15) is 4.39 Å². The fourth-order valence-corrected chi connectivity index (χ4v) is 1.37. The van der Waals surface area contributed by atoms with Crippen LogP contribution in [0.15, 0.2) is 0 Å². The van der Waals surface area contributed by atoms with Crippen molar-refractivity contribution in [3.8, 4) is 0 Å². The van der Waals surface area contributed by atoms with Crippen LogP contribution >= 0.6 is 0 Å². The van der Waals surface area contributed by atoms with Gasteiger partial charge >= 0.3 is 0 Å². The van der Waals surface area contributed by atoms with Crippen molar-refractivity contribution in [2.24, 2.45) is 0 Å². The van der Waals surface area contributed by atoms with Gasteiger partial charge in [0.05, 0.1) is 6.10 Å². The molecule has 0 saturated carbocycles. The summed E-state index contributed by atoms with van der Waals surface area (Å²) in [5.41, 5.74) is 0. The van der Waals surface area contributed by atoms with E-state index in [0.717, 1.165) is 0 Å². The maximum Gasteiger partial charge on any atom is 0.118 e. The van der Waals surface area contributed by atoms with E-state index in [1.807, 2.05) is 6.92 Å². The Morgan fingerprint density at radius 2 is 2.11 bits per heavy atom. The topological polar surface area (TPSA) is 21.8 Å². The van der Waals surface area contributed by atoms with Crippen LogP contribution in [0.1, 0.15) is 6.92 Å². The van der Waals surface area contributed by atoms with Crippen LogP contribution in [0.5, 0.6) is 0 Å². The van der Waals surface area contributed by atoms with Gasteiger partial charge in [0.1, 0.15) is 25.0 Å². The van der Waals surface area contributed by atoms with Gasteiger partial charge in [-0.1, -0.05) is 0 Å². The molecule has 4 atom stereocenters. The Bertz CT molecular complexity index is 128. The van der Waals surface area contributed by atoms with Crippen molar-refractivity contribution in [1.82, 2.24) is 0 Å². The van der Waals surface area contributed by atoms with E-state index in [0.29, 0.717) is 0 Å². The number of epoxide rings is 1. The predicted octanol–water partition coefficient (Wildman–Crippen LogP) is 0.511. The summed E-state index contributed by atoms with van der Waals surface area (Å²) < 4.78 is 22.2. The first-order chi connectivity index (χ1) is 4.33. The maximum atomic E-state index is 11.9. The largest absolute Gasteiger partial charge is 0.367 e. The lowest BCUT2D eigenvalue weighted by molar-refractivity contribution is -0.0302. The standard InChI is InChI=1S/C6H9FO2/c1-3-5-6(9-5)4(2-7)8-3/h3-6H,2H2,1H3/t3-,4?,5-,6+/m0/s1. The highest BCUT2D eigenvalue weighted by molar-refractivity contribution is 5.01. The molecule has 0 radical (unpaired) electrons. The highest BCUT2D eigenvalue weighted by atomic mass is 19.1. The molecular weight excluding hydrogens is 123 g/mol. The molecule has 0 aromatic carbocycles. The van der Waals surface area contributed by atoms with Crippen LogP contribution in [0, 0.1) is 0 Å². The molecule has 2 aliphatic rings. The lowest BCUT2D eigenvalue weighted by Gasteiger charge is -2.09. The van der Waals surface area contributed by atoms with Crippen molar-refractivity contribution >= 4 is 0 Å². The molecule has 0 amide bonds. The molecule has 0 aliphatic carbocycles. The fraction of sp³-hybridized carbons (Fsp3) is 1.00. The molecular formula is C6H9FO2. The van der Waals surface area contributed by atoms with E-state index < -0.39 is 6.67 Å². The Kier molecular flexibility index (Phi) is 1.04. The van der Waals surface area contributed by atoms with Crippen LogP contribution in [0.3, 0.4) is 0 Å². The van der Waals surface area contributed by atoms with Gasteiger partial charge in [0, 0.05) is 0 Å². The van der Waals surface area contributed by atoms with Crippen molar-refractivity contribution < 1.29 is 13.9 Å². The van der Waals surface area contributed by atoms with E-state index in [4.69, 9.17) is 9.47 Å².